The zero-order valence-corrected chi connectivity index (χ0v) is 9.96. The van der Waals surface area contributed by atoms with Gasteiger partial charge in [-0.2, -0.15) is 0 Å². The van der Waals surface area contributed by atoms with Crippen molar-refractivity contribution in [1.82, 2.24) is 0 Å². The fraction of sp³-hybridized carbons (Fsp3) is 1.00. The van der Waals surface area contributed by atoms with Gasteiger partial charge in [0.2, 0.25) is 0 Å². The van der Waals surface area contributed by atoms with Crippen LogP contribution in [0.15, 0.2) is 0 Å². The van der Waals surface area contributed by atoms with E-state index in [4.69, 9.17) is 11.6 Å². The standard InChI is InChI=1S/C11H23Cl/c1-6-7-10(2,3)8-9-11(4,5)12/h6-9H2,1-5H3. The zero-order chi connectivity index (χ0) is 9.83. The smallest absolute Gasteiger partial charge is 0.0390 e. The van der Waals surface area contributed by atoms with Crippen molar-refractivity contribution in [3.63, 3.8) is 0 Å². The number of rotatable bonds is 5. The van der Waals surface area contributed by atoms with Crippen LogP contribution in [0.3, 0.4) is 0 Å². The van der Waals surface area contributed by atoms with E-state index >= 15 is 0 Å². The Labute approximate surface area is 82.7 Å². The van der Waals surface area contributed by atoms with Crippen molar-refractivity contribution in [3.8, 4) is 0 Å². The summed E-state index contributed by atoms with van der Waals surface area (Å²) in [5.74, 6) is 0. The second-order valence-corrected chi connectivity index (χ2v) is 6.16. The molecule has 0 bridgehead atoms. The molecule has 0 radical (unpaired) electrons. The van der Waals surface area contributed by atoms with Gasteiger partial charge in [0.25, 0.3) is 0 Å². The predicted octanol–water partition coefficient (Wildman–Crippen LogP) is 4.61. The molecule has 0 fully saturated rings. The molecule has 0 unspecified atom stereocenters. The normalized spacial score (nSPS) is 13.5. The SMILES string of the molecule is CCCC(C)(C)CCC(C)(C)Cl. The van der Waals surface area contributed by atoms with E-state index in [0.717, 1.165) is 6.42 Å². The molecule has 0 aromatic carbocycles. The molecule has 0 aliphatic rings. The highest BCUT2D eigenvalue weighted by atomic mass is 35.5. The Morgan fingerprint density at radius 2 is 1.42 bits per heavy atom. The highest BCUT2D eigenvalue weighted by Crippen LogP contribution is 2.32. The molecule has 0 N–H and O–H groups in total. The molecule has 0 aliphatic heterocycles. The second kappa shape index (κ2) is 4.50. The largest absolute Gasteiger partial charge is 0.120 e. The van der Waals surface area contributed by atoms with Crippen LogP contribution in [0, 0.1) is 5.41 Å². The van der Waals surface area contributed by atoms with E-state index in [1.807, 2.05) is 0 Å². The van der Waals surface area contributed by atoms with Crippen LogP contribution in [-0.2, 0) is 0 Å². The predicted molar refractivity (Wildman–Crippen MR) is 57.9 cm³/mol. The molecule has 0 spiro atoms. The first-order valence-electron chi connectivity index (χ1n) is 4.96. The molecule has 0 amide bonds. The molecule has 0 aliphatic carbocycles. The van der Waals surface area contributed by atoms with Gasteiger partial charge in [0.15, 0.2) is 0 Å². The maximum atomic E-state index is 6.14. The summed E-state index contributed by atoms with van der Waals surface area (Å²) < 4.78 is 0. The van der Waals surface area contributed by atoms with E-state index in [-0.39, 0.29) is 4.87 Å². The monoisotopic (exact) mass is 190 g/mol. The first kappa shape index (κ1) is 12.3. The maximum absolute atomic E-state index is 6.14. The number of alkyl halides is 1. The Hall–Kier alpha value is 0.290. The van der Waals surface area contributed by atoms with E-state index in [1.54, 1.807) is 0 Å². The average molecular weight is 191 g/mol. The van der Waals surface area contributed by atoms with E-state index in [9.17, 15) is 0 Å². The molecule has 0 aromatic heterocycles. The lowest BCUT2D eigenvalue weighted by Gasteiger charge is -2.27. The molecule has 0 saturated heterocycles. The third-order valence-electron chi connectivity index (χ3n) is 2.32. The van der Waals surface area contributed by atoms with Crippen molar-refractivity contribution in [3.05, 3.63) is 0 Å². The van der Waals surface area contributed by atoms with Gasteiger partial charge in [-0.25, -0.2) is 0 Å². The number of halogens is 1. The summed E-state index contributed by atoms with van der Waals surface area (Å²) in [5, 5.41) is 0. The van der Waals surface area contributed by atoms with Crippen molar-refractivity contribution in [2.75, 3.05) is 0 Å². The number of hydrogen-bond donors (Lipinski definition) is 0. The Morgan fingerprint density at radius 1 is 0.917 bits per heavy atom. The van der Waals surface area contributed by atoms with Gasteiger partial charge in [0, 0.05) is 4.87 Å². The van der Waals surface area contributed by atoms with Crippen molar-refractivity contribution in [2.45, 2.75) is 65.2 Å². The molecule has 0 nitrogen and oxygen atoms in total. The minimum Gasteiger partial charge on any atom is -0.120 e. The molecular formula is C11H23Cl. The minimum absolute atomic E-state index is 0.0228. The maximum Gasteiger partial charge on any atom is 0.0390 e. The molecule has 74 valence electrons. The van der Waals surface area contributed by atoms with Gasteiger partial charge in [0.1, 0.15) is 0 Å². The van der Waals surface area contributed by atoms with Crippen LogP contribution in [0.1, 0.15) is 60.3 Å². The van der Waals surface area contributed by atoms with Crippen molar-refractivity contribution in [1.29, 1.82) is 0 Å². The van der Waals surface area contributed by atoms with Crippen LogP contribution in [-0.4, -0.2) is 4.87 Å². The van der Waals surface area contributed by atoms with Crippen LogP contribution in [0.2, 0.25) is 0 Å². The van der Waals surface area contributed by atoms with Crippen LogP contribution in [0.5, 0.6) is 0 Å². The van der Waals surface area contributed by atoms with Gasteiger partial charge in [-0.3, -0.25) is 0 Å². The van der Waals surface area contributed by atoms with Crippen LogP contribution in [0.25, 0.3) is 0 Å². The van der Waals surface area contributed by atoms with Gasteiger partial charge < -0.3 is 0 Å². The first-order valence-corrected chi connectivity index (χ1v) is 5.33. The van der Waals surface area contributed by atoms with Gasteiger partial charge in [-0.15, -0.1) is 11.6 Å². The summed E-state index contributed by atoms with van der Waals surface area (Å²) in [5.41, 5.74) is 0.473. The fourth-order valence-electron chi connectivity index (χ4n) is 1.44. The molecule has 12 heavy (non-hydrogen) atoms. The highest BCUT2D eigenvalue weighted by molar-refractivity contribution is 6.23. The van der Waals surface area contributed by atoms with Crippen LogP contribution in [0.4, 0.5) is 0 Å². The molecule has 0 saturated carbocycles. The topological polar surface area (TPSA) is 0 Å². The van der Waals surface area contributed by atoms with Gasteiger partial charge in [-0.05, 0) is 38.5 Å². The quantitative estimate of drug-likeness (QED) is 0.556. The van der Waals surface area contributed by atoms with E-state index in [0.29, 0.717) is 5.41 Å². The van der Waals surface area contributed by atoms with E-state index < -0.39 is 0 Å². The summed E-state index contributed by atoms with van der Waals surface area (Å²) in [4.78, 5) is -0.0228. The molecule has 1 heteroatoms. The highest BCUT2D eigenvalue weighted by Gasteiger charge is 2.21. The molecule has 0 heterocycles. The van der Waals surface area contributed by atoms with E-state index in [2.05, 4.69) is 34.6 Å². The summed E-state index contributed by atoms with van der Waals surface area (Å²) in [6, 6.07) is 0. The Morgan fingerprint density at radius 3 is 1.75 bits per heavy atom. The third kappa shape index (κ3) is 6.97. The molecule has 0 aromatic rings. The van der Waals surface area contributed by atoms with Crippen LogP contribution >= 0.6 is 11.6 Å². The lowest BCUT2D eigenvalue weighted by molar-refractivity contribution is 0.284. The first-order chi connectivity index (χ1) is 5.27. The second-order valence-electron chi connectivity index (χ2n) is 5.13. The van der Waals surface area contributed by atoms with Crippen LogP contribution < -0.4 is 0 Å². The third-order valence-corrected chi connectivity index (χ3v) is 2.51. The lowest BCUT2D eigenvalue weighted by Crippen LogP contribution is -2.17. The average Bonchev–Trinajstić information content (AvgIpc) is 1.83. The Balaban J connectivity index is 3.75. The number of hydrogen-bond acceptors (Lipinski definition) is 0. The molecular weight excluding hydrogens is 168 g/mol. The molecule has 0 rings (SSSR count). The Bertz CT molecular complexity index is 119. The van der Waals surface area contributed by atoms with Crippen molar-refractivity contribution < 1.29 is 0 Å². The van der Waals surface area contributed by atoms with Gasteiger partial charge in [0.05, 0.1) is 0 Å². The summed E-state index contributed by atoms with van der Waals surface area (Å²) in [6.45, 7) is 11.1. The van der Waals surface area contributed by atoms with Gasteiger partial charge in [-0.1, -0.05) is 27.2 Å². The summed E-state index contributed by atoms with van der Waals surface area (Å²) in [7, 11) is 0. The minimum atomic E-state index is -0.0228. The lowest BCUT2D eigenvalue weighted by atomic mass is 9.81. The van der Waals surface area contributed by atoms with E-state index in [1.165, 1.54) is 19.3 Å². The van der Waals surface area contributed by atoms with Crippen molar-refractivity contribution >= 4 is 11.6 Å². The van der Waals surface area contributed by atoms with Crippen molar-refractivity contribution in [2.24, 2.45) is 5.41 Å². The summed E-state index contributed by atoms with van der Waals surface area (Å²) >= 11 is 6.14. The Kier molecular flexibility index (Phi) is 4.61. The summed E-state index contributed by atoms with van der Waals surface area (Å²) in [6.07, 6.45) is 4.93. The molecule has 0 atom stereocenters. The fourth-order valence-corrected chi connectivity index (χ4v) is 1.53. The zero-order valence-electron chi connectivity index (χ0n) is 9.21. The van der Waals surface area contributed by atoms with Gasteiger partial charge >= 0.3 is 0 Å².